The molecule has 4 nitrogen and oxygen atoms in total. The van der Waals surface area contributed by atoms with E-state index in [1.807, 2.05) is 23.0 Å². The van der Waals surface area contributed by atoms with Gasteiger partial charge in [-0.2, -0.15) is 16.4 Å². The van der Waals surface area contributed by atoms with Crippen molar-refractivity contribution in [3.05, 3.63) is 64.5 Å². The third-order valence-electron chi connectivity index (χ3n) is 3.54. The van der Waals surface area contributed by atoms with Crippen LogP contribution in [0.4, 0.5) is 0 Å². The summed E-state index contributed by atoms with van der Waals surface area (Å²) in [6.45, 7) is 6.86. The van der Waals surface area contributed by atoms with E-state index in [9.17, 15) is 0 Å². The summed E-state index contributed by atoms with van der Waals surface area (Å²) in [5, 5.41) is 8.75. The molecule has 0 radical (unpaired) electrons. The maximum atomic E-state index is 5.50. The zero-order valence-electron chi connectivity index (χ0n) is 13.0. The zero-order chi connectivity index (χ0) is 15.4. The van der Waals surface area contributed by atoms with Gasteiger partial charge in [-0.25, -0.2) is 0 Å². The van der Waals surface area contributed by atoms with Gasteiger partial charge in [-0.1, -0.05) is 0 Å². The summed E-state index contributed by atoms with van der Waals surface area (Å²) in [7, 11) is 0. The predicted octanol–water partition coefficient (Wildman–Crippen LogP) is 4.32. The Hall–Kier alpha value is -1.85. The first-order chi connectivity index (χ1) is 10.7. The van der Waals surface area contributed by atoms with Crippen molar-refractivity contribution in [2.75, 3.05) is 0 Å². The highest BCUT2D eigenvalue weighted by molar-refractivity contribution is 7.07. The molecule has 0 aliphatic heterocycles. The predicted molar refractivity (Wildman–Crippen MR) is 88.6 cm³/mol. The van der Waals surface area contributed by atoms with Crippen LogP contribution in [0.1, 0.15) is 36.8 Å². The Morgan fingerprint density at radius 3 is 2.73 bits per heavy atom. The standard InChI is InChI=1S/C17H21N3OS/c1-14(2)20-11-16(8-18-20)10-19(9-15-5-7-22-13-15)12-17-4-3-6-21-17/h3-8,11,13-14H,9-10,12H2,1-2H3. The topological polar surface area (TPSA) is 34.2 Å². The first-order valence-corrected chi connectivity index (χ1v) is 8.44. The Kier molecular flexibility index (Phi) is 4.75. The van der Waals surface area contributed by atoms with Gasteiger partial charge in [-0.15, -0.1) is 0 Å². The molecular weight excluding hydrogens is 294 g/mol. The highest BCUT2D eigenvalue weighted by atomic mass is 32.1. The molecule has 116 valence electrons. The summed E-state index contributed by atoms with van der Waals surface area (Å²) in [6, 6.07) is 6.54. The third-order valence-corrected chi connectivity index (χ3v) is 4.27. The van der Waals surface area contributed by atoms with Crippen LogP contribution < -0.4 is 0 Å². The van der Waals surface area contributed by atoms with E-state index in [4.69, 9.17) is 4.42 Å². The van der Waals surface area contributed by atoms with Crippen molar-refractivity contribution >= 4 is 11.3 Å². The van der Waals surface area contributed by atoms with Crippen molar-refractivity contribution in [3.8, 4) is 0 Å². The highest BCUT2D eigenvalue weighted by Crippen LogP contribution is 2.16. The average molecular weight is 315 g/mol. The number of rotatable bonds is 7. The van der Waals surface area contributed by atoms with Crippen LogP contribution in [0.2, 0.25) is 0 Å². The molecule has 0 saturated carbocycles. The normalized spacial score (nSPS) is 11.6. The van der Waals surface area contributed by atoms with Gasteiger partial charge in [0, 0.05) is 30.9 Å². The van der Waals surface area contributed by atoms with Crippen LogP contribution in [-0.4, -0.2) is 14.7 Å². The quantitative estimate of drug-likeness (QED) is 0.651. The number of aromatic nitrogens is 2. The molecule has 0 bridgehead atoms. The fourth-order valence-electron chi connectivity index (χ4n) is 2.43. The number of thiophene rings is 1. The van der Waals surface area contributed by atoms with Crippen LogP contribution in [0.5, 0.6) is 0 Å². The van der Waals surface area contributed by atoms with E-state index >= 15 is 0 Å². The van der Waals surface area contributed by atoms with Gasteiger partial charge in [0.2, 0.25) is 0 Å². The molecule has 3 aromatic heterocycles. The van der Waals surface area contributed by atoms with E-state index in [-0.39, 0.29) is 0 Å². The zero-order valence-corrected chi connectivity index (χ0v) is 13.8. The molecule has 22 heavy (non-hydrogen) atoms. The molecule has 0 aromatic carbocycles. The molecule has 3 heterocycles. The summed E-state index contributed by atoms with van der Waals surface area (Å²) in [4.78, 5) is 2.38. The molecule has 0 amide bonds. The van der Waals surface area contributed by atoms with E-state index < -0.39 is 0 Å². The van der Waals surface area contributed by atoms with Crippen molar-refractivity contribution in [1.29, 1.82) is 0 Å². The van der Waals surface area contributed by atoms with Crippen LogP contribution in [0.25, 0.3) is 0 Å². The van der Waals surface area contributed by atoms with E-state index in [2.05, 4.69) is 46.9 Å². The summed E-state index contributed by atoms with van der Waals surface area (Å²) in [5.74, 6) is 0.992. The van der Waals surface area contributed by atoms with E-state index in [1.165, 1.54) is 11.1 Å². The van der Waals surface area contributed by atoms with Gasteiger partial charge < -0.3 is 4.42 Å². The van der Waals surface area contributed by atoms with Crippen molar-refractivity contribution in [3.63, 3.8) is 0 Å². The van der Waals surface area contributed by atoms with Crippen molar-refractivity contribution in [2.24, 2.45) is 0 Å². The first-order valence-electron chi connectivity index (χ1n) is 7.49. The highest BCUT2D eigenvalue weighted by Gasteiger charge is 2.12. The number of nitrogens with zero attached hydrogens (tertiary/aromatic N) is 3. The lowest BCUT2D eigenvalue weighted by atomic mass is 10.2. The lowest BCUT2D eigenvalue weighted by Crippen LogP contribution is -2.21. The molecule has 0 spiro atoms. The van der Waals surface area contributed by atoms with Gasteiger partial charge in [0.25, 0.3) is 0 Å². The Bertz CT molecular complexity index is 634. The van der Waals surface area contributed by atoms with Crippen LogP contribution in [0.3, 0.4) is 0 Å². The van der Waals surface area contributed by atoms with Gasteiger partial charge in [-0.05, 0) is 48.4 Å². The fourth-order valence-corrected chi connectivity index (χ4v) is 3.09. The molecule has 0 saturated heterocycles. The van der Waals surface area contributed by atoms with Gasteiger partial charge in [0.05, 0.1) is 19.0 Å². The summed E-state index contributed by atoms with van der Waals surface area (Å²) in [6.07, 6.45) is 5.82. The monoisotopic (exact) mass is 315 g/mol. The van der Waals surface area contributed by atoms with E-state index in [1.54, 1.807) is 17.6 Å². The molecule has 0 aliphatic rings. The Labute approximate surface area is 135 Å². The third kappa shape index (κ3) is 3.87. The minimum absolute atomic E-state index is 0.393. The Balaban J connectivity index is 1.71. The molecule has 0 N–H and O–H groups in total. The van der Waals surface area contributed by atoms with Crippen molar-refractivity contribution in [1.82, 2.24) is 14.7 Å². The molecule has 3 rings (SSSR count). The average Bonchev–Trinajstić information content (AvgIpc) is 3.19. The number of furan rings is 1. The second-order valence-corrected chi connectivity index (χ2v) is 6.56. The molecule has 3 aromatic rings. The Morgan fingerprint density at radius 1 is 1.23 bits per heavy atom. The Morgan fingerprint density at radius 2 is 2.09 bits per heavy atom. The van der Waals surface area contributed by atoms with Gasteiger partial charge in [0.15, 0.2) is 0 Å². The summed E-state index contributed by atoms with van der Waals surface area (Å²) < 4.78 is 7.51. The minimum atomic E-state index is 0.393. The van der Waals surface area contributed by atoms with E-state index in [0.29, 0.717) is 6.04 Å². The maximum absolute atomic E-state index is 5.50. The second-order valence-electron chi connectivity index (χ2n) is 5.78. The first kappa shape index (κ1) is 15.1. The van der Waals surface area contributed by atoms with Crippen LogP contribution in [0.15, 0.2) is 52.0 Å². The largest absolute Gasteiger partial charge is 0.468 e. The smallest absolute Gasteiger partial charge is 0.117 e. The molecule has 5 heteroatoms. The van der Waals surface area contributed by atoms with E-state index in [0.717, 1.165) is 25.4 Å². The van der Waals surface area contributed by atoms with Gasteiger partial charge in [-0.3, -0.25) is 9.58 Å². The molecule has 0 aliphatic carbocycles. The van der Waals surface area contributed by atoms with Gasteiger partial charge in [0.1, 0.15) is 5.76 Å². The second kappa shape index (κ2) is 6.94. The van der Waals surface area contributed by atoms with Crippen molar-refractivity contribution in [2.45, 2.75) is 39.5 Å². The molecule has 0 unspecified atom stereocenters. The van der Waals surface area contributed by atoms with Crippen molar-refractivity contribution < 1.29 is 4.42 Å². The number of hydrogen-bond donors (Lipinski definition) is 0. The minimum Gasteiger partial charge on any atom is -0.468 e. The molecular formula is C17H21N3OS. The SMILES string of the molecule is CC(C)n1cc(CN(Cc2ccsc2)Cc2ccco2)cn1. The van der Waals surface area contributed by atoms with Crippen LogP contribution in [0, 0.1) is 0 Å². The molecule has 0 atom stereocenters. The fraction of sp³-hybridized carbons (Fsp3) is 0.353. The number of hydrogen-bond acceptors (Lipinski definition) is 4. The molecule has 0 fully saturated rings. The lowest BCUT2D eigenvalue weighted by Gasteiger charge is -2.20. The summed E-state index contributed by atoms with van der Waals surface area (Å²) >= 11 is 1.74. The summed E-state index contributed by atoms with van der Waals surface area (Å²) in [5.41, 5.74) is 2.57. The van der Waals surface area contributed by atoms with Crippen LogP contribution >= 0.6 is 11.3 Å². The van der Waals surface area contributed by atoms with Gasteiger partial charge >= 0.3 is 0 Å². The van der Waals surface area contributed by atoms with Crippen LogP contribution in [-0.2, 0) is 19.6 Å². The maximum Gasteiger partial charge on any atom is 0.117 e. The lowest BCUT2D eigenvalue weighted by molar-refractivity contribution is 0.227.